The number of carbonyl (C=O) groups is 1. The molecule has 0 saturated carbocycles. The Morgan fingerprint density at radius 3 is 2.50 bits per heavy atom. The fraction of sp³-hybridized carbons (Fsp3) is 0.417. The lowest BCUT2D eigenvalue weighted by Gasteiger charge is -2.27. The molecule has 86 valence electrons. The number of nitrogens with zero attached hydrogens (tertiary/aromatic N) is 2. The van der Waals surface area contributed by atoms with Crippen LogP contribution in [-0.2, 0) is 0 Å². The molecule has 1 heterocycles. The van der Waals surface area contributed by atoms with Gasteiger partial charge < -0.3 is 10.2 Å². The molecule has 4 nitrogen and oxygen atoms in total. The average Bonchev–Trinajstić information content (AvgIpc) is 2.30. The van der Waals surface area contributed by atoms with Crippen LogP contribution in [0.1, 0.15) is 6.42 Å². The highest BCUT2D eigenvalue weighted by atomic mass is 16.2. The second-order valence-electron chi connectivity index (χ2n) is 4.15. The van der Waals surface area contributed by atoms with Crippen LogP contribution in [0.2, 0.25) is 0 Å². The summed E-state index contributed by atoms with van der Waals surface area (Å²) < 4.78 is 0. The molecule has 1 aliphatic rings. The van der Waals surface area contributed by atoms with E-state index >= 15 is 0 Å². The Kier molecular flexibility index (Phi) is 2.99. The Labute approximate surface area is 95.8 Å². The molecule has 2 rings (SSSR count). The van der Waals surface area contributed by atoms with Crippen LogP contribution in [0.3, 0.4) is 0 Å². The third kappa shape index (κ3) is 2.10. The molecule has 1 aromatic carbocycles. The zero-order valence-electron chi connectivity index (χ0n) is 9.73. The molecular formula is C12H17N3O. The van der Waals surface area contributed by atoms with Crippen molar-refractivity contribution in [1.29, 1.82) is 0 Å². The summed E-state index contributed by atoms with van der Waals surface area (Å²) in [5.41, 5.74) is 2.10. The molecule has 0 unspecified atom stereocenters. The van der Waals surface area contributed by atoms with Gasteiger partial charge in [-0.05, 0) is 30.7 Å². The minimum Gasteiger partial charge on any atom is -0.378 e. The number of amides is 2. The molecule has 1 fully saturated rings. The molecule has 0 aromatic heterocycles. The third-order valence-electron chi connectivity index (χ3n) is 2.76. The van der Waals surface area contributed by atoms with Crippen LogP contribution in [0.5, 0.6) is 0 Å². The van der Waals surface area contributed by atoms with E-state index in [9.17, 15) is 4.79 Å². The first-order valence-corrected chi connectivity index (χ1v) is 5.51. The number of nitrogens with one attached hydrogen (secondary N) is 1. The number of hydrogen-bond acceptors (Lipinski definition) is 2. The summed E-state index contributed by atoms with van der Waals surface area (Å²) in [5, 5.41) is 2.84. The topological polar surface area (TPSA) is 35.6 Å². The van der Waals surface area contributed by atoms with Gasteiger partial charge in [-0.25, -0.2) is 4.79 Å². The van der Waals surface area contributed by atoms with Gasteiger partial charge in [0.2, 0.25) is 0 Å². The first-order valence-electron chi connectivity index (χ1n) is 5.51. The normalized spacial score (nSPS) is 15.9. The Balaban J connectivity index is 2.17. The predicted octanol–water partition coefficient (Wildman–Crippen LogP) is 1.67. The van der Waals surface area contributed by atoms with Crippen molar-refractivity contribution in [3.63, 3.8) is 0 Å². The van der Waals surface area contributed by atoms with Gasteiger partial charge >= 0.3 is 6.03 Å². The van der Waals surface area contributed by atoms with Crippen molar-refractivity contribution < 1.29 is 4.79 Å². The smallest absolute Gasteiger partial charge is 0.321 e. The van der Waals surface area contributed by atoms with Gasteiger partial charge in [0.1, 0.15) is 0 Å². The second kappa shape index (κ2) is 4.43. The molecule has 0 aliphatic carbocycles. The van der Waals surface area contributed by atoms with E-state index < -0.39 is 0 Å². The minimum absolute atomic E-state index is 0.00357. The highest BCUT2D eigenvalue weighted by Gasteiger charge is 2.18. The van der Waals surface area contributed by atoms with Crippen LogP contribution in [0.25, 0.3) is 0 Å². The zero-order chi connectivity index (χ0) is 11.5. The first kappa shape index (κ1) is 10.8. The van der Waals surface area contributed by atoms with Crippen LogP contribution < -0.4 is 15.1 Å². The van der Waals surface area contributed by atoms with Crippen LogP contribution in [0.15, 0.2) is 24.3 Å². The van der Waals surface area contributed by atoms with Gasteiger partial charge in [-0.15, -0.1) is 0 Å². The van der Waals surface area contributed by atoms with Gasteiger partial charge in [-0.2, -0.15) is 0 Å². The number of carbonyl (C=O) groups excluding carboxylic acids is 1. The molecule has 4 heteroatoms. The maximum atomic E-state index is 11.6. The van der Waals surface area contributed by atoms with E-state index in [-0.39, 0.29) is 6.03 Å². The largest absolute Gasteiger partial charge is 0.378 e. The number of urea groups is 1. The summed E-state index contributed by atoms with van der Waals surface area (Å²) in [7, 11) is 4.01. The van der Waals surface area contributed by atoms with E-state index in [1.54, 1.807) is 4.90 Å². The fourth-order valence-electron chi connectivity index (χ4n) is 1.81. The van der Waals surface area contributed by atoms with Gasteiger partial charge in [-0.1, -0.05) is 0 Å². The van der Waals surface area contributed by atoms with E-state index in [2.05, 4.69) is 5.32 Å². The van der Waals surface area contributed by atoms with Crippen molar-refractivity contribution in [2.75, 3.05) is 37.0 Å². The molecule has 16 heavy (non-hydrogen) atoms. The minimum atomic E-state index is 0.00357. The molecule has 0 atom stereocenters. The summed E-state index contributed by atoms with van der Waals surface area (Å²) in [4.78, 5) is 15.4. The monoisotopic (exact) mass is 219 g/mol. The van der Waals surface area contributed by atoms with Crippen molar-refractivity contribution in [1.82, 2.24) is 5.32 Å². The number of rotatable bonds is 2. The van der Waals surface area contributed by atoms with E-state index in [1.165, 1.54) is 0 Å². The molecule has 2 amide bonds. The number of hydrogen-bond donors (Lipinski definition) is 1. The van der Waals surface area contributed by atoms with Gasteiger partial charge in [0.15, 0.2) is 0 Å². The van der Waals surface area contributed by atoms with Gasteiger partial charge in [-0.3, -0.25) is 4.90 Å². The quantitative estimate of drug-likeness (QED) is 0.821. The SMILES string of the molecule is CN(C)c1ccc(N2CCCNC2=O)cc1. The lowest BCUT2D eigenvalue weighted by molar-refractivity contribution is 0.243. The number of anilines is 2. The molecule has 0 bridgehead atoms. The van der Waals surface area contributed by atoms with Crippen molar-refractivity contribution in [3.05, 3.63) is 24.3 Å². The van der Waals surface area contributed by atoms with Gasteiger partial charge in [0.05, 0.1) is 0 Å². The average molecular weight is 219 g/mol. The molecule has 1 aromatic rings. The van der Waals surface area contributed by atoms with E-state index in [1.807, 2.05) is 43.3 Å². The maximum absolute atomic E-state index is 11.6. The summed E-state index contributed by atoms with van der Waals surface area (Å²) >= 11 is 0. The van der Waals surface area contributed by atoms with E-state index in [0.717, 1.165) is 30.9 Å². The van der Waals surface area contributed by atoms with Crippen LogP contribution in [0.4, 0.5) is 16.2 Å². The lowest BCUT2D eigenvalue weighted by atomic mass is 10.2. The first-order chi connectivity index (χ1) is 7.68. The van der Waals surface area contributed by atoms with Gasteiger partial charge in [0, 0.05) is 38.6 Å². The Bertz CT molecular complexity index is 372. The highest BCUT2D eigenvalue weighted by molar-refractivity contribution is 5.92. The summed E-state index contributed by atoms with van der Waals surface area (Å²) in [6.45, 7) is 1.58. The molecular weight excluding hydrogens is 202 g/mol. The molecule has 1 N–H and O–H groups in total. The lowest BCUT2D eigenvalue weighted by Crippen LogP contribution is -2.46. The zero-order valence-corrected chi connectivity index (χ0v) is 9.73. The van der Waals surface area contributed by atoms with Crippen LogP contribution >= 0.6 is 0 Å². The predicted molar refractivity (Wildman–Crippen MR) is 66.1 cm³/mol. The van der Waals surface area contributed by atoms with Crippen LogP contribution in [-0.4, -0.2) is 33.2 Å². The molecule has 0 spiro atoms. The Morgan fingerprint density at radius 1 is 1.25 bits per heavy atom. The Hall–Kier alpha value is -1.71. The third-order valence-corrected chi connectivity index (χ3v) is 2.76. The van der Waals surface area contributed by atoms with Gasteiger partial charge in [0.25, 0.3) is 0 Å². The second-order valence-corrected chi connectivity index (χ2v) is 4.15. The maximum Gasteiger partial charge on any atom is 0.321 e. The summed E-state index contributed by atoms with van der Waals surface area (Å²) in [5.74, 6) is 0. The van der Waals surface area contributed by atoms with E-state index in [4.69, 9.17) is 0 Å². The molecule has 1 saturated heterocycles. The fourth-order valence-corrected chi connectivity index (χ4v) is 1.81. The number of benzene rings is 1. The van der Waals surface area contributed by atoms with E-state index in [0.29, 0.717) is 0 Å². The standard InChI is InChI=1S/C12H17N3O/c1-14(2)10-4-6-11(7-5-10)15-9-3-8-13-12(15)16/h4-7H,3,8-9H2,1-2H3,(H,13,16). The summed E-state index contributed by atoms with van der Waals surface area (Å²) in [6.07, 6.45) is 1.00. The van der Waals surface area contributed by atoms with Crippen LogP contribution in [0, 0.1) is 0 Å². The Morgan fingerprint density at radius 2 is 1.94 bits per heavy atom. The van der Waals surface area contributed by atoms with Crippen molar-refractivity contribution in [3.8, 4) is 0 Å². The molecule has 0 radical (unpaired) electrons. The van der Waals surface area contributed by atoms with Crippen molar-refractivity contribution >= 4 is 17.4 Å². The highest BCUT2D eigenvalue weighted by Crippen LogP contribution is 2.20. The van der Waals surface area contributed by atoms with Crippen molar-refractivity contribution in [2.24, 2.45) is 0 Å². The molecule has 1 aliphatic heterocycles. The van der Waals surface area contributed by atoms with Crippen molar-refractivity contribution in [2.45, 2.75) is 6.42 Å². The summed E-state index contributed by atoms with van der Waals surface area (Å²) in [6, 6.07) is 8.03.